The van der Waals surface area contributed by atoms with Crippen LogP contribution in [0.3, 0.4) is 0 Å². The SMILES string of the molecule is [CH2]c1ccc(OCC)c(C#N)c1. The Morgan fingerprint density at radius 2 is 2.33 bits per heavy atom. The van der Waals surface area contributed by atoms with Crippen molar-refractivity contribution in [3.05, 3.63) is 36.2 Å². The molecular weight excluding hydrogens is 150 g/mol. The molecule has 0 N–H and O–H groups in total. The topological polar surface area (TPSA) is 33.0 Å². The van der Waals surface area contributed by atoms with Gasteiger partial charge in [0.05, 0.1) is 12.2 Å². The summed E-state index contributed by atoms with van der Waals surface area (Å²) in [5.74, 6) is 0.632. The summed E-state index contributed by atoms with van der Waals surface area (Å²) in [5.41, 5.74) is 1.37. The minimum Gasteiger partial charge on any atom is -0.492 e. The van der Waals surface area contributed by atoms with E-state index >= 15 is 0 Å². The molecule has 0 heterocycles. The Morgan fingerprint density at radius 1 is 1.58 bits per heavy atom. The highest BCUT2D eigenvalue weighted by atomic mass is 16.5. The van der Waals surface area contributed by atoms with Crippen LogP contribution in [0, 0.1) is 18.3 Å². The lowest BCUT2D eigenvalue weighted by Crippen LogP contribution is -1.94. The zero-order valence-corrected chi connectivity index (χ0v) is 7.00. The molecule has 0 aliphatic rings. The van der Waals surface area contributed by atoms with E-state index in [1.54, 1.807) is 12.1 Å². The summed E-state index contributed by atoms with van der Waals surface area (Å²) in [6, 6.07) is 7.36. The first-order valence-corrected chi connectivity index (χ1v) is 3.77. The van der Waals surface area contributed by atoms with E-state index in [4.69, 9.17) is 10.00 Å². The zero-order valence-electron chi connectivity index (χ0n) is 7.00. The van der Waals surface area contributed by atoms with Gasteiger partial charge < -0.3 is 4.74 Å². The average Bonchev–Trinajstić information content (AvgIpc) is 2.08. The van der Waals surface area contributed by atoms with Crippen LogP contribution < -0.4 is 4.74 Å². The molecule has 1 aromatic carbocycles. The van der Waals surface area contributed by atoms with Gasteiger partial charge in [-0.2, -0.15) is 5.26 Å². The number of rotatable bonds is 2. The van der Waals surface area contributed by atoms with Crippen LogP contribution in [0.5, 0.6) is 5.75 Å². The first kappa shape index (κ1) is 8.61. The number of hydrogen-bond donors (Lipinski definition) is 0. The Bertz CT molecular complexity index is 312. The highest BCUT2D eigenvalue weighted by molar-refractivity contribution is 5.45. The fraction of sp³-hybridized carbons (Fsp3) is 0.200. The number of nitrogens with zero attached hydrogens (tertiary/aromatic N) is 1. The summed E-state index contributed by atoms with van der Waals surface area (Å²) in [4.78, 5) is 0. The number of benzene rings is 1. The summed E-state index contributed by atoms with van der Waals surface area (Å²) in [5, 5.41) is 8.71. The first-order valence-electron chi connectivity index (χ1n) is 3.77. The van der Waals surface area contributed by atoms with Crippen LogP contribution in [0.1, 0.15) is 18.1 Å². The molecule has 0 unspecified atom stereocenters. The maximum absolute atomic E-state index is 8.71. The van der Waals surface area contributed by atoms with E-state index in [1.807, 2.05) is 13.0 Å². The van der Waals surface area contributed by atoms with Crippen molar-refractivity contribution in [1.29, 1.82) is 5.26 Å². The fourth-order valence-electron chi connectivity index (χ4n) is 0.946. The van der Waals surface area contributed by atoms with Gasteiger partial charge in [-0.15, -0.1) is 0 Å². The maximum Gasteiger partial charge on any atom is 0.137 e. The van der Waals surface area contributed by atoms with E-state index in [0.717, 1.165) is 5.56 Å². The second-order valence-electron chi connectivity index (χ2n) is 2.38. The lowest BCUT2D eigenvalue weighted by molar-refractivity contribution is 0.339. The number of hydrogen-bond acceptors (Lipinski definition) is 2. The lowest BCUT2D eigenvalue weighted by Gasteiger charge is -2.04. The van der Waals surface area contributed by atoms with Crippen LogP contribution >= 0.6 is 0 Å². The molecule has 61 valence electrons. The highest BCUT2D eigenvalue weighted by Crippen LogP contribution is 2.18. The van der Waals surface area contributed by atoms with Crippen LogP contribution in [0.15, 0.2) is 18.2 Å². The van der Waals surface area contributed by atoms with Crippen molar-refractivity contribution < 1.29 is 4.74 Å². The van der Waals surface area contributed by atoms with Crippen molar-refractivity contribution in [2.75, 3.05) is 6.61 Å². The lowest BCUT2D eigenvalue weighted by atomic mass is 10.1. The van der Waals surface area contributed by atoms with Crippen LogP contribution in [-0.4, -0.2) is 6.61 Å². The highest BCUT2D eigenvalue weighted by Gasteiger charge is 2.01. The minimum absolute atomic E-state index is 0.546. The summed E-state index contributed by atoms with van der Waals surface area (Å²) in [6.45, 7) is 6.19. The van der Waals surface area contributed by atoms with Gasteiger partial charge in [-0.25, -0.2) is 0 Å². The van der Waals surface area contributed by atoms with Gasteiger partial charge >= 0.3 is 0 Å². The fourth-order valence-corrected chi connectivity index (χ4v) is 0.946. The van der Waals surface area contributed by atoms with Crippen LogP contribution in [0.25, 0.3) is 0 Å². The molecule has 0 aliphatic heterocycles. The molecule has 0 spiro atoms. The van der Waals surface area contributed by atoms with E-state index in [2.05, 4.69) is 13.0 Å². The molecule has 1 radical (unpaired) electrons. The predicted octanol–water partition coefficient (Wildman–Crippen LogP) is 2.14. The number of ether oxygens (including phenoxy) is 1. The Kier molecular flexibility index (Phi) is 2.71. The zero-order chi connectivity index (χ0) is 8.97. The van der Waals surface area contributed by atoms with Crippen LogP contribution in [-0.2, 0) is 0 Å². The molecule has 1 rings (SSSR count). The Labute approximate surface area is 72.4 Å². The van der Waals surface area contributed by atoms with Crippen molar-refractivity contribution >= 4 is 0 Å². The Morgan fingerprint density at radius 3 is 2.92 bits per heavy atom. The molecule has 2 heteroatoms. The van der Waals surface area contributed by atoms with E-state index < -0.39 is 0 Å². The molecule has 2 nitrogen and oxygen atoms in total. The summed E-state index contributed by atoms with van der Waals surface area (Å²) >= 11 is 0. The Balaban J connectivity index is 3.05. The van der Waals surface area contributed by atoms with Crippen molar-refractivity contribution in [1.82, 2.24) is 0 Å². The smallest absolute Gasteiger partial charge is 0.137 e. The van der Waals surface area contributed by atoms with Gasteiger partial charge in [-0.05, 0) is 31.5 Å². The van der Waals surface area contributed by atoms with Crippen LogP contribution in [0.2, 0.25) is 0 Å². The second-order valence-corrected chi connectivity index (χ2v) is 2.38. The van der Waals surface area contributed by atoms with Gasteiger partial charge in [-0.1, -0.05) is 6.07 Å². The molecule has 0 saturated carbocycles. The van der Waals surface area contributed by atoms with Crippen molar-refractivity contribution in [3.63, 3.8) is 0 Å². The van der Waals surface area contributed by atoms with E-state index in [0.29, 0.717) is 17.9 Å². The monoisotopic (exact) mass is 160 g/mol. The largest absolute Gasteiger partial charge is 0.492 e. The molecule has 12 heavy (non-hydrogen) atoms. The normalized spacial score (nSPS) is 9.08. The van der Waals surface area contributed by atoms with Crippen molar-refractivity contribution in [2.24, 2.45) is 0 Å². The van der Waals surface area contributed by atoms with Crippen LogP contribution in [0.4, 0.5) is 0 Å². The first-order chi connectivity index (χ1) is 5.77. The third kappa shape index (κ3) is 1.76. The second kappa shape index (κ2) is 3.77. The third-order valence-corrected chi connectivity index (χ3v) is 1.46. The van der Waals surface area contributed by atoms with Gasteiger partial charge in [0, 0.05) is 0 Å². The molecule has 0 fully saturated rings. The summed E-state index contributed by atoms with van der Waals surface area (Å²) < 4.78 is 5.23. The van der Waals surface area contributed by atoms with Gasteiger partial charge in [0.15, 0.2) is 0 Å². The van der Waals surface area contributed by atoms with Gasteiger partial charge in [-0.3, -0.25) is 0 Å². The average molecular weight is 160 g/mol. The number of nitriles is 1. The van der Waals surface area contributed by atoms with E-state index in [9.17, 15) is 0 Å². The quantitative estimate of drug-likeness (QED) is 0.664. The van der Waals surface area contributed by atoms with Gasteiger partial charge in [0.2, 0.25) is 0 Å². The molecule has 1 aromatic rings. The predicted molar refractivity (Wildman–Crippen MR) is 46.8 cm³/mol. The molecule has 0 aromatic heterocycles. The van der Waals surface area contributed by atoms with Crippen molar-refractivity contribution in [3.8, 4) is 11.8 Å². The molecule has 0 atom stereocenters. The minimum atomic E-state index is 0.546. The van der Waals surface area contributed by atoms with E-state index in [-0.39, 0.29) is 0 Å². The maximum atomic E-state index is 8.71. The van der Waals surface area contributed by atoms with Gasteiger partial charge in [0.1, 0.15) is 11.8 Å². The van der Waals surface area contributed by atoms with E-state index in [1.165, 1.54) is 0 Å². The standard InChI is InChI=1S/C10H10NO/c1-3-12-10-5-4-8(2)6-9(10)7-11/h4-6H,2-3H2,1H3. The molecule has 0 aliphatic carbocycles. The molecule has 0 bridgehead atoms. The Hall–Kier alpha value is -1.49. The summed E-state index contributed by atoms with van der Waals surface area (Å²) in [6.07, 6.45) is 0. The molecule has 0 saturated heterocycles. The summed E-state index contributed by atoms with van der Waals surface area (Å²) in [7, 11) is 0. The molecular formula is C10H10NO. The van der Waals surface area contributed by atoms with Crippen molar-refractivity contribution in [2.45, 2.75) is 6.92 Å². The third-order valence-electron chi connectivity index (χ3n) is 1.46. The van der Waals surface area contributed by atoms with Gasteiger partial charge in [0.25, 0.3) is 0 Å². The molecule has 0 amide bonds.